The van der Waals surface area contributed by atoms with Crippen LogP contribution >= 0.6 is 23.1 Å². The first-order chi connectivity index (χ1) is 15.8. The molecular formula is C24H29F2N3O2S2. The lowest BCUT2D eigenvalue weighted by Crippen LogP contribution is -2.49. The van der Waals surface area contributed by atoms with E-state index in [9.17, 15) is 18.4 Å². The number of aromatic nitrogens is 1. The number of thiazole rings is 1. The Labute approximate surface area is 201 Å². The van der Waals surface area contributed by atoms with Gasteiger partial charge in [-0.1, -0.05) is 17.8 Å². The Hall–Kier alpha value is -2.00. The molecule has 0 radical (unpaired) electrons. The number of amides is 2. The fourth-order valence-electron chi connectivity index (χ4n) is 4.46. The van der Waals surface area contributed by atoms with Gasteiger partial charge in [-0.2, -0.15) is 0 Å². The van der Waals surface area contributed by atoms with E-state index in [0.717, 1.165) is 41.8 Å². The molecule has 4 rings (SSSR count). The van der Waals surface area contributed by atoms with Gasteiger partial charge >= 0.3 is 0 Å². The van der Waals surface area contributed by atoms with E-state index in [4.69, 9.17) is 0 Å². The van der Waals surface area contributed by atoms with Crippen molar-refractivity contribution in [3.63, 3.8) is 0 Å². The van der Waals surface area contributed by atoms with Crippen LogP contribution in [-0.4, -0.2) is 58.5 Å². The first-order valence-electron chi connectivity index (χ1n) is 11.3. The molecule has 1 atom stereocenters. The molecule has 5 nitrogen and oxygen atoms in total. The van der Waals surface area contributed by atoms with E-state index in [2.05, 4.69) is 4.98 Å². The number of likely N-dealkylation sites (tertiary alicyclic amines) is 1. The molecule has 33 heavy (non-hydrogen) atoms. The van der Waals surface area contributed by atoms with Crippen LogP contribution in [0.5, 0.6) is 0 Å². The van der Waals surface area contributed by atoms with Crippen LogP contribution in [0.3, 0.4) is 0 Å². The molecule has 1 saturated heterocycles. The minimum absolute atomic E-state index is 0.0729. The van der Waals surface area contributed by atoms with Crippen molar-refractivity contribution < 1.29 is 18.4 Å². The van der Waals surface area contributed by atoms with Gasteiger partial charge in [0.15, 0.2) is 4.34 Å². The third-order valence-corrected chi connectivity index (χ3v) is 8.69. The van der Waals surface area contributed by atoms with Gasteiger partial charge < -0.3 is 9.80 Å². The molecular weight excluding hydrogens is 464 g/mol. The summed E-state index contributed by atoms with van der Waals surface area (Å²) in [7, 11) is 1.80. The summed E-state index contributed by atoms with van der Waals surface area (Å²) < 4.78 is 28.7. The van der Waals surface area contributed by atoms with Crippen molar-refractivity contribution in [3.8, 4) is 0 Å². The van der Waals surface area contributed by atoms with Gasteiger partial charge in [0.05, 0.1) is 5.75 Å². The number of likely N-dealkylation sites (N-methyl/N-ethyl adjacent to an activating group) is 1. The number of carbonyl (C=O) groups is 2. The third kappa shape index (κ3) is 6.12. The van der Waals surface area contributed by atoms with Crippen LogP contribution < -0.4 is 0 Å². The molecule has 2 heterocycles. The number of thioether (sulfide) groups is 1. The van der Waals surface area contributed by atoms with Crippen molar-refractivity contribution in [2.75, 3.05) is 25.9 Å². The van der Waals surface area contributed by atoms with Gasteiger partial charge in [0.25, 0.3) is 0 Å². The number of piperidine rings is 1. The van der Waals surface area contributed by atoms with Crippen molar-refractivity contribution >= 4 is 34.9 Å². The summed E-state index contributed by atoms with van der Waals surface area (Å²) in [6, 6.07) is 3.46. The maximum atomic E-state index is 14.4. The van der Waals surface area contributed by atoms with Crippen LogP contribution in [-0.2, 0) is 16.0 Å². The zero-order valence-electron chi connectivity index (χ0n) is 18.9. The Morgan fingerprint density at radius 1 is 1.24 bits per heavy atom. The quantitative estimate of drug-likeness (QED) is 0.507. The van der Waals surface area contributed by atoms with E-state index < -0.39 is 11.6 Å². The summed E-state index contributed by atoms with van der Waals surface area (Å²) in [4.78, 5) is 33.6. The van der Waals surface area contributed by atoms with Crippen molar-refractivity contribution in [2.24, 2.45) is 11.8 Å². The molecule has 0 bridgehead atoms. The van der Waals surface area contributed by atoms with Gasteiger partial charge in [0, 0.05) is 49.2 Å². The number of hydrogen-bond acceptors (Lipinski definition) is 5. The lowest BCUT2D eigenvalue weighted by molar-refractivity contribution is -0.136. The van der Waals surface area contributed by atoms with Crippen molar-refractivity contribution in [3.05, 3.63) is 46.5 Å². The van der Waals surface area contributed by atoms with Gasteiger partial charge in [0.2, 0.25) is 11.8 Å². The Kier molecular flexibility index (Phi) is 7.69. The van der Waals surface area contributed by atoms with E-state index in [1.807, 2.05) is 17.2 Å². The predicted octanol–water partition coefficient (Wildman–Crippen LogP) is 4.54. The first-order valence-corrected chi connectivity index (χ1v) is 13.2. The number of benzene rings is 1. The number of halogens is 2. The Bertz CT molecular complexity index is 1000. The van der Waals surface area contributed by atoms with E-state index in [-0.39, 0.29) is 29.7 Å². The fourth-order valence-corrected chi connectivity index (χ4v) is 6.21. The highest BCUT2D eigenvalue weighted by Gasteiger charge is 2.38. The molecule has 1 saturated carbocycles. The highest BCUT2D eigenvalue weighted by atomic mass is 32.2. The average Bonchev–Trinajstić information content (AvgIpc) is 3.57. The molecule has 0 spiro atoms. The van der Waals surface area contributed by atoms with Crippen LogP contribution in [0, 0.1) is 30.4 Å². The van der Waals surface area contributed by atoms with Crippen LogP contribution in [0.2, 0.25) is 0 Å². The second-order valence-corrected chi connectivity index (χ2v) is 11.1. The molecule has 2 aliphatic rings. The van der Waals surface area contributed by atoms with E-state index in [1.54, 1.807) is 23.3 Å². The average molecular weight is 494 g/mol. The van der Waals surface area contributed by atoms with Crippen molar-refractivity contribution in [2.45, 2.75) is 49.4 Å². The second-order valence-electron chi connectivity index (χ2n) is 8.99. The summed E-state index contributed by atoms with van der Waals surface area (Å²) in [5.41, 5.74) is 1.38. The predicted molar refractivity (Wildman–Crippen MR) is 126 cm³/mol. The number of carbonyl (C=O) groups excluding carboxylic acids is 2. The van der Waals surface area contributed by atoms with Gasteiger partial charge in [-0.15, -0.1) is 11.3 Å². The minimum Gasteiger partial charge on any atom is -0.342 e. The fraction of sp³-hybridized carbons (Fsp3) is 0.542. The van der Waals surface area contributed by atoms with Gasteiger partial charge in [-0.3, -0.25) is 9.59 Å². The minimum atomic E-state index is -0.604. The highest BCUT2D eigenvalue weighted by molar-refractivity contribution is 8.01. The highest BCUT2D eigenvalue weighted by Crippen LogP contribution is 2.34. The van der Waals surface area contributed by atoms with Crippen LogP contribution in [0.15, 0.2) is 27.9 Å². The van der Waals surface area contributed by atoms with E-state index in [0.29, 0.717) is 30.8 Å². The van der Waals surface area contributed by atoms with Crippen molar-refractivity contribution in [1.29, 1.82) is 0 Å². The van der Waals surface area contributed by atoms with Crippen LogP contribution in [0.25, 0.3) is 0 Å². The van der Waals surface area contributed by atoms with E-state index >= 15 is 0 Å². The molecule has 2 fully saturated rings. The smallest absolute Gasteiger partial charge is 0.233 e. The number of hydrogen-bond donors (Lipinski definition) is 0. The first kappa shape index (κ1) is 24.1. The maximum absolute atomic E-state index is 14.4. The molecule has 2 aromatic rings. The zero-order valence-corrected chi connectivity index (χ0v) is 20.6. The summed E-state index contributed by atoms with van der Waals surface area (Å²) in [6.07, 6.45) is 3.66. The number of aryl methyl sites for hydroxylation is 1. The summed E-state index contributed by atoms with van der Waals surface area (Å²) in [5.74, 6) is -0.389. The normalized spacial score (nSPS) is 17.8. The lowest BCUT2D eigenvalue weighted by Gasteiger charge is -2.40. The molecule has 1 aliphatic carbocycles. The largest absolute Gasteiger partial charge is 0.342 e. The molecule has 2 amide bonds. The second kappa shape index (κ2) is 10.5. The summed E-state index contributed by atoms with van der Waals surface area (Å²) in [5, 5.41) is 1.97. The molecule has 178 valence electrons. The zero-order chi connectivity index (χ0) is 23.5. The molecule has 1 aliphatic heterocycles. The molecule has 1 aromatic heterocycles. The molecule has 0 N–H and O–H groups in total. The Morgan fingerprint density at radius 2 is 1.97 bits per heavy atom. The van der Waals surface area contributed by atoms with Gasteiger partial charge in [-0.05, 0) is 56.6 Å². The standard InChI is InChI=1S/C24H29F2N3O2S2/c1-15-13-32-24(27-15)33-14-22(30)29-9-7-16(8-10-29)21(28(2)23(31)17-3-4-17)11-18-5-6-19(25)12-20(18)26/h5-6,12-13,16-17,21H,3-4,7-11,14H2,1-2H3. The number of nitrogens with zero attached hydrogens (tertiary/aromatic N) is 3. The topological polar surface area (TPSA) is 53.5 Å². The molecule has 1 unspecified atom stereocenters. The van der Waals surface area contributed by atoms with Crippen LogP contribution in [0.1, 0.15) is 36.9 Å². The number of rotatable bonds is 8. The Balaban J connectivity index is 1.38. The Morgan fingerprint density at radius 3 is 2.58 bits per heavy atom. The van der Waals surface area contributed by atoms with E-state index in [1.165, 1.54) is 23.9 Å². The van der Waals surface area contributed by atoms with Gasteiger partial charge in [0.1, 0.15) is 11.6 Å². The van der Waals surface area contributed by atoms with Gasteiger partial charge in [-0.25, -0.2) is 13.8 Å². The monoisotopic (exact) mass is 493 g/mol. The van der Waals surface area contributed by atoms with Crippen molar-refractivity contribution in [1.82, 2.24) is 14.8 Å². The summed E-state index contributed by atoms with van der Waals surface area (Å²) in [6.45, 7) is 3.18. The lowest BCUT2D eigenvalue weighted by atomic mass is 9.84. The maximum Gasteiger partial charge on any atom is 0.233 e. The molecule has 1 aromatic carbocycles. The SMILES string of the molecule is Cc1csc(SCC(=O)N2CCC(C(Cc3ccc(F)cc3F)N(C)C(=O)C3CC3)CC2)n1. The third-order valence-electron chi connectivity index (χ3n) is 6.57. The molecule has 9 heteroatoms. The van der Waals surface area contributed by atoms with Crippen LogP contribution in [0.4, 0.5) is 8.78 Å². The summed E-state index contributed by atoms with van der Waals surface area (Å²) >= 11 is 3.01.